The molecule has 0 spiro atoms. The molecule has 0 aliphatic heterocycles. The van der Waals surface area contributed by atoms with E-state index in [1.807, 2.05) is 30.3 Å². The van der Waals surface area contributed by atoms with Gasteiger partial charge in [-0.2, -0.15) is 0 Å². The Hall–Kier alpha value is -3.03. The third kappa shape index (κ3) is 6.47. The van der Waals surface area contributed by atoms with Crippen LogP contribution in [-0.4, -0.2) is 26.2 Å². The van der Waals surface area contributed by atoms with Crippen molar-refractivity contribution in [3.8, 4) is 0 Å². The van der Waals surface area contributed by atoms with Crippen LogP contribution >= 0.6 is 10.7 Å². The third-order valence-corrected chi connectivity index (χ3v) is 6.02. The highest BCUT2D eigenvalue weighted by Crippen LogP contribution is 2.16. The first kappa shape index (κ1) is 22.7. The molecule has 0 unspecified atom stereocenters. The van der Waals surface area contributed by atoms with Gasteiger partial charge in [0.25, 0.3) is 15.0 Å². The molecular formula is C23H19ClFNO4S. The summed E-state index contributed by atoms with van der Waals surface area (Å²) in [5.74, 6) is -1.37. The number of halogens is 2. The second-order valence-corrected chi connectivity index (χ2v) is 9.52. The van der Waals surface area contributed by atoms with Crippen molar-refractivity contribution in [3.63, 3.8) is 0 Å². The van der Waals surface area contributed by atoms with Gasteiger partial charge in [0.05, 0.1) is 10.9 Å². The van der Waals surface area contributed by atoms with Gasteiger partial charge in [-0.1, -0.05) is 48.5 Å². The third-order valence-electron chi connectivity index (χ3n) is 4.65. The zero-order chi connectivity index (χ0) is 22.4. The Morgan fingerprint density at radius 1 is 0.903 bits per heavy atom. The number of rotatable bonds is 8. The summed E-state index contributed by atoms with van der Waals surface area (Å²) in [7, 11) is 1.46. The Morgan fingerprint density at radius 3 is 2.19 bits per heavy atom. The number of hydrogen-bond acceptors (Lipinski definition) is 4. The fraction of sp³-hybridized carbons (Fsp3) is 0.130. The Bertz CT molecular complexity index is 1180. The van der Waals surface area contributed by atoms with Crippen molar-refractivity contribution in [1.82, 2.24) is 5.32 Å². The van der Waals surface area contributed by atoms with E-state index in [2.05, 4.69) is 5.32 Å². The summed E-state index contributed by atoms with van der Waals surface area (Å²) in [6.45, 7) is 0. The molecule has 0 saturated carbocycles. The van der Waals surface area contributed by atoms with Crippen LogP contribution in [0.3, 0.4) is 0 Å². The lowest BCUT2D eigenvalue weighted by Gasteiger charge is -2.18. The number of amides is 1. The number of hydrogen-bond donors (Lipinski definition) is 1. The molecule has 8 heteroatoms. The number of benzene rings is 3. The number of carbonyl (C=O) groups excluding carboxylic acids is 2. The Balaban J connectivity index is 1.79. The zero-order valence-corrected chi connectivity index (χ0v) is 17.9. The first-order chi connectivity index (χ1) is 14.7. The molecule has 1 N–H and O–H groups in total. The molecule has 0 radical (unpaired) electrons. The fourth-order valence-corrected chi connectivity index (χ4v) is 3.83. The van der Waals surface area contributed by atoms with E-state index in [1.165, 1.54) is 42.5 Å². The van der Waals surface area contributed by atoms with E-state index in [0.717, 1.165) is 11.6 Å². The summed E-state index contributed by atoms with van der Waals surface area (Å²) >= 11 is 0. The number of nitrogens with one attached hydrogen (secondary N) is 1. The maximum absolute atomic E-state index is 13.5. The normalized spacial score (nSPS) is 12.2. The highest BCUT2D eigenvalue weighted by Gasteiger charge is 2.22. The molecule has 0 bridgehead atoms. The van der Waals surface area contributed by atoms with Crippen LogP contribution in [-0.2, 0) is 26.7 Å². The van der Waals surface area contributed by atoms with Gasteiger partial charge in [-0.05, 0) is 47.9 Å². The monoisotopic (exact) mass is 459 g/mol. The van der Waals surface area contributed by atoms with E-state index >= 15 is 0 Å². The van der Waals surface area contributed by atoms with Gasteiger partial charge < -0.3 is 5.32 Å². The van der Waals surface area contributed by atoms with Crippen molar-refractivity contribution in [3.05, 3.63) is 101 Å². The van der Waals surface area contributed by atoms with Crippen LogP contribution < -0.4 is 5.32 Å². The molecule has 1 amide bonds. The van der Waals surface area contributed by atoms with Crippen LogP contribution in [0.1, 0.15) is 21.5 Å². The predicted molar refractivity (Wildman–Crippen MR) is 116 cm³/mol. The first-order valence-corrected chi connectivity index (χ1v) is 11.7. The van der Waals surface area contributed by atoms with Gasteiger partial charge in [0, 0.05) is 22.7 Å². The quantitative estimate of drug-likeness (QED) is 0.518. The second kappa shape index (κ2) is 9.85. The summed E-state index contributed by atoms with van der Waals surface area (Å²) in [5, 5.41) is 2.69. The molecule has 0 saturated heterocycles. The zero-order valence-electron chi connectivity index (χ0n) is 16.3. The lowest BCUT2D eigenvalue weighted by Crippen LogP contribution is -2.43. The minimum absolute atomic E-state index is 0.0243. The average Bonchev–Trinajstić information content (AvgIpc) is 2.73. The van der Waals surface area contributed by atoms with Gasteiger partial charge in [0.15, 0.2) is 5.78 Å². The van der Waals surface area contributed by atoms with Crippen molar-refractivity contribution < 1.29 is 22.4 Å². The summed E-state index contributed by atoms with van der Waals surface area (Å²) in [4.78, 5) is 25.5. The van der Waals surface area contributed by atoms with Crippen molar-refractivity contribution >= 4 is 31.4 Å². The summed E-state index contributed by atoms with van der Waals surface area (Å²) in [6.07, 6.45) is 0.235. The Kier molecular flexibility index (Phi) is 7.20. The molecule has 0 heterocycles. The molecule has 1 atom stereocenters. The first-order valence-electron chi connectivity index (χ1n) is 9.39. The minimum Gasteiger partial charge on any atom is -0.342 e. The van der Waals surface area contributed by atoms with E-state index in [0.29, 0.717) is 5.56 Å². The van der Waals surface area contributed by atoms with Crippen molar-refractivity contribution in [2.75, 3.05) is 0 Å². The largest absolute Gasteiger partial charge is 0.342 e. The van der Waals surface area contributed by atoms with E-state index < -0.39 is 26.8 Å². The topological polar surface area (TPSA) is 80.3 Å². The molecule has 0 aliphatic carbocycles. The van der Waals surface area contributed by atoms with Crippen LogP contribution in [0.4, 0.5) is 4.39 Å². The average molecular weight is 460 g/mol. The fourth-order valence-electron chi connectivity index (χ4n) is 3.06. The minimum atomic E-state index is -3.86. The van der Waals surface area contributed by atoms with Crippen molar-refractivity contribution in [1.29, 1.82) is 0 Å². The van der Waals surface area contributed by atoms with Crippen molar-refractivity contribution in [2.24, 2.45) is 0 Å². The van der Waals surface area contributed by atoms with E-state index in [4.69, 9.17) is 10.7 Å². The van der Waals surface area contributed by atoms with Crippen molar-refractivity contribution in [2.45, 2.75) is 23.8 Å². The van der Waals surface area contributed by atoms with Gasteiger partial charge in [-0.15, -0.1) is 0 Å². The van der Waals surface area contributed by atoms with Crippen LogP contribution in [0, 0.1) is 5.82 Å². The Labute approximate surface area is 184 Å². The van der Waals surface area contributed by atoms with Crippen LogP contribution in [0.25, 0.3) is 0 Å². The van der Waals surface area contributed by atoms with E-state index in [1.54, 1.807) is 0 Å². The number of carbonyl (C=O) groups is 2. The maximum Gasteiger partial charge on any atom is 0.261 e. The van der Waals surface area contributed by atoms with Gasteiger partial charge in [0.2, 0.25) is 0 Å². The standard InChI is InChI=1S/C23H19ClFNO4S/c24-31(29,30)20-11-9-17(10-12-20)14-22(27)21(13-16-5-2-1-3-6-16)26-23(28)18-7-4-8-19(25)15-18/h1-12,15,21H,13-14H2,(H,26,28)/t21-/m0/s1. The van der Waals surface area contributed by atoms with Crippen LogP contribution in [0.2, 0.25) is 0 Å². The van der Waals surface area contributed by atoms with Gasteiger partial charge >= 0.3 is 0 Å². The SMILES string of the molecule is O=C(N[C@@H](Cc1ccccc1)C(=O)Cc1ccc(S(=O)(=O)Cl)cc1)c1cccc(F)c1. The van der Waals surface area contributed by atoms with E-state index in [-0.39, 0.29) is 29.1 Å². The van der Waals surface area contributed by atoms with Gasteiger partial charge in [0.1, 0.15) is 5.82 Å². The molecule has 3 rings (SSSR count). The van der Waals surface area contributed by atoms with Gasteiger partial charge in [-0.3, -0.25) is 9.59 Å². The Morgan fingerprint density at radius 2 is 1.58 bits per heavy atom. The van der Waals surface area contributed by atoms with Crippen LogP contribution in [0.5, 0.6) is 0 Å². The predicted octanol–water partition coefficient (Wildman–Crippen LogP) is 3.91. The lowest BCUT2D eigenvalue weighted by atomic mass is 9.97. The maximum atomic E-state index is 13.5. The van der Waals surface area contributed by atoms with E-state index in [9.17, 15) is 22.4 Å². The number of Topliss-reactive ketones (excluding diaryl/α,β-unsaturated/α-hetero) is 1. The molecule has 0 aliphatic rings. The molecule has 3 aromatic rings. The molecule has 160 valence electrons. The van der Waals surface area contributed by atoms with Crippen LogP contribution in [0.15, 0.2) is 83.8 Å². The molecule has 0 aromatic heterocycles. The summed E-state index contributed by atoms with van der Waals surface area (Å²) in [6, 6.07) is 19.2. The molecule has 31 heavy (non-hydrogen) atoms. The highest BCUT2D eigenvalue weighted by atomic mass is 35.7. The summed E-state index contributed by atoms with van der Waals surface area (Å²) in [5.41, 5.74) is 1.54. The molecular weight excluding hydrogens is 441 g/mol. The number of ketones is 1. The lowest BCUT2D eigenvalue weighted by molar-refractivity contribution is -0.120. The highest BCUT2D eigenvalue weighted by molar-refractivity contribution is 8.13. The smallest absolute Gasteiger partial charge is 0.261 e. The molecule has 5 nitrogen and oxygen atoms in total. The summed E-state index contributed by atoms with van der Waals surface area (Å²) < 4.78 is 36.2. The molecule has 0 fully saturated rings. The van der Waals surface area contributed by atoms with Gasteiger partial charge in [-0.25, -0.2) is 12.8 Å². The second-order valence-electron chi connectivity index (χ2n) is 6.95. The molecule has 3 aromatic carbocycles.